The largest absolute Gasteiger partial charge is 0.303 e. The number of carbonyl (C=O) groups is 1. The lowest BCUT2D eigenvalue weighted by Gasteiger charge is -2.06. The van der Waals surface area contributed by atoms with E-state index in [0.717, 1.165) is 0 Å². The van der Waals surface area contributed by atoms with Crippen LogP contribution in [-0.4, -0.2) is 11.2 Å². The fourth-order valence-electron chi connectivity index (χ4n) is 1.37. The zero-order valence-corrected chi connectivity index (χ0v) is 8.06. The second-order valence-electron chi connectivity index (χ2n) is 3.19. The highest BCUT2D eigenvalue weighted by molar-refractivity contribution is 5.66. The Hall–Kier alpha value is -1.71. The Labute approximate surface area is 81.7 Å². The van der Waals surface area contributed by atoms with Crippen molar-refractivity contribution in [1.82, 2.24) is 0 Å². The molecule has 0 aromatic heterocycles. The van der Waals surface area contributed by atoms with Gasteiger partial charge in [-0.3, -0.25) is 10.1 Å². The third-order valence-corrected chi connectivity index (χ3v) is 2.15. The molecule has 0 radical (unpaired) electrons. The van der Waals surface area contributed by atoms with Crippen LogP contribution in [0.4, 0.5) is 5.69 Å². The molecular weight excluding hydrogens is 182 g/mol. The lowest BCUT2D eigenvalue weighted by atomic mass is 9.98. The molecule has 0 fully saturated rings. The lowest BCUT2D eigenvalue weighted by molar-refractivity contribution is -0.386. The van der Waals surface area contributed by atoms with Gasteiger partial charge in [-0.05, 0) is 6.92 Å². The summed E-state index contributed by atoms with van der Waals surface area (Å²) >= 11 is 0. The SMILES string of the molecule is Cc1cccc(C(C)C=O)c1[N+](=O)[O-]. The maximum atomic E-state index is 10.8. The summed E-state index contributed by atoms with van der Waals surface area (Å²) in [6.07, 6.45) is 0.710. The van der Waals surface area contributed by atoms with Crippen LogP contribution in [0.3, 0.4) is 0 Å². The fraction of sp³-hybridized carbons (Fsp3) is 0.300. The Morgan fingerprint density at radius 1 is 1.50 bits per heavy atom. The second kappa shape index (κ2) is 4.00. The van der Waals surface area contributed by atoms with Crippen LogP contribution in [0.1, 0.15) is 24.0 Å². The number of hydrogen-bond acceptors (Lipinski definition) is 3. The van der Waals surface area contributed by atoms with Crippen molar-refractivity contribution >= 4 is 12.0 Å². The Morgan fingerprint density at radius 2 is 2.14 bits per heavy atom. The van der Waals surface area contributed by atoms with E-state index in [-0.39, 0.29) is 5.69 Å². The van der Waals surface area contributed by atoms with E-state index in [4.69, 9.17) is 0 Å². The minimum atomic E-state index is -0.440. The molecule has 4 heteroatoms. The molecule has 74 valence electrons. The molecule has 1 aromatic carbocycles. The summed E-state index contributed by atoms with van der Waals surface area (Å²) in [7, 11) is 0. The van der Waals surface area contributed by atoms with Gasteiger partial charge in [-0.25, -0.2) is 0 Å². The minimum absolute atomic E-state index is 0.0482. The normalized spacial score (nSPS) is 12.1. The number of nitro groups is 1. The first-order chi connectivity index (χ1) is 6.57. The summed E-state index contributed by atoms with van der Waals surface area (Å²) < 4.78 is 0. The van der Waals surface area contributed by atoms with Gasteiger partial charge in [0.25, 0.3) is 5.69 Å². The molecule has 0 saturated carbocycles. The number of para-hydroxylation sites is 1. The number of nitrogens with zero attached hydrogens (tertiary/aromatic N) is 1. The summed E-state index contributed by atoms with van der Waals surface area (Å²) in [6.45, 7) is 3.31. The van der Waals surface area contributed by atoms with Crippen molar-refractivity contribution < 1.29 is 9.72 Å². The standard InChI is InChI=1S/C10H11NO3/c1-7-4-3-5-9(8(2)6-12)10(7)11(13)14/h3-6,8H,1-2H3. The number of benzene rings is 1. The molecule has 0 bridgehead atoms. The van der Waals surface area contributed by atoms with Crippen LogP contribution in [0, 0.1) is 17.0 Å². The Balaban J connectivity index is 3.35. The van der Waals surface area contributed by atoms with Crippen LogP contribution in [0.5, 0.6) is 0 Å². The molecule has 1 aromatic rings. The van der Waals surface area contributed by atoms with Crippen molar-refractivity contribution in [2.75, 3.05) is 0 Å². The van der Waals surface area contributed by atoms with E-state index in [9.17, 15) is 14.9 Å². The number of carbonyl (C=O) groups excluding carboxylic acids is 1. The fourth-order valence-corrected chi connectivity index (χ4v) is 1.37. The zero-order chi connectivity index (χ0) is 10.7. The van der Waals surface area contributed by atoms with Crippen molar-refractivity contribution in [1.29, 1.82) is 0 Å². The highest BCUT2D eigenvalue weighted by atomic mass is 16.6. The average Bonchev–Trinajstić information content (AvgIpc) is 2.15. The van der Waals surface area contributed by atoms with Crippen LogP contribution in [-0.2, 0) is 4.79 Å². The van der Waals surface area contributed by atoms with Gasteiger partial charge in [0.1, 0.15) is 6.29 Å². The molecule has 0 amide bonds. The van der Waals surface area contributed by atoms with Gasteiger partial charge in [-0.2, -0.15) is 0 Å². The Bertz CT molecular complexity index is 374. The molecule has 1 unspecified atom stereocenters. The predicted molar refractivity (Wildman–Crippen MR) is 52.3 cm³/mol. The lowest BCUT2D eigenvalue weighted by Crippen LogP contribution is -2.02. The Kier molecular flexibility index (Phi) is 2.96. The molecule has 0 N–H and O–H groups in total. The smallest absolute Gasteiger partial charge is 0.276 e. The minimum Gasteiger partial charge on any atom is -0.303 e. The van der Waals surface area contributed by atoms with Crippen molar-refractivity contribution in [2.45, 2.75) is 19.8 Å². The van der Waals surface area contributed by atoms with Gasteiger partial charge in [0.15, 0.2) is 0 Å². The van der Waals surface area contributed by atoms with Crippen molar-refractivity contribution in [3.8, 4) is 0 Å². The maximum absolute atomic E-state index is 10.8. The van der Waals surface area contributed by atoms with Crippen LogP contribution in [0.25, 0.3) is 0 Å². The zero-order valence-electron chi connectivity index (χ0n) is 8.06. The molecule has 0 aliphatic carbocycles. The van der Waals surface area contributed by atoms with Gasteiger partial charge in [0, 0.05) is 17.0 Å². The van der Waals surface area contributed by atoms with E-state index in [1.54, 1.807) is 32.0 Å². The second-order valence-corrected chi connectivity index (χ2v) is 3.19. The van der Waals surface area contributed by atoms with Gasteiger partial charge in [0.2, 0.25) is 0 Å². The summed E-state index contributed by atoms with van der Waals surface area (Å²) in [4.78, 5) is 20.9. The van der Waals surface area contributed by atoms with E-state index in [1.807, 2.05) is 0 Å². The molecular formula is C10H11NO3. The molecule has 14 heavy (non-hydrogen) atoms. The molecule has 0 saturated heterocycles. The number of aldehydes is 1. The predicted octanol–water partition coefficient (Wildman–Crippen LogP) is 2.21. The van der Waals surface area contributed by atoms with Crippen LogP contribution in [0.15, 0.2) is 18.2 Å². The monoisotopic (exact) mass is 193 g/mol. The maximum Gasteiger partial charge on any atom is 0.276 e. The summed E-state index contributed by atoms with van der Waals surface area (Å²) in [5.74, 6) is -0.435. The van der Waals surface area contributed by atoms with E-state index in [1.165, 1.54) is 0 Å². The first kappa shape index (κ1) is 10.4. The first-order valence-corrected chi connectivity index (χ1v) is 4.27. The molecule has 0 heterocycles. The quantitative estimate of drug-likeness (QED) is 0.420. The van der Waals surface area contributed by atoms with Crippen LogP contribution >= 0.6 is 0 Å². The highest BCUT2D eigenvalue weighted by Gasteiger charge is 2.20. The van der Waals surface area contributed by atoms with Crippen molar-refractivity contribution in [2.24, 2.45) is 0 Å². The molecule has 1 atom stereocenters. The summed E-state index contributed by atoms with van der Waals surface area (Å²) in [5, 5.41) is 10.8. The molecule has 0 aliphatic rings. The highest BCUT2D eigenvalue weighted by Crippen LogP contribution is 2.28. The van der Waals surface area contributed by atoms with E-state index in [2.05, 4.69) is 0 Å². The van der Waals surface area contributed by atoms with E-state index >= 15 is 0 Å². The van der Waals surface area contributed by atoms with Gasteiger partial charge in [0.05, 0.1) is 4.92 Å². The number of hydrogen-bond donors (Lipinski definition) is 0. The molecule has 4 nitrogen and oxygen atoms in total. The number of aryl methyl sites for hydroxylation is 1. The summed E-state index contributed by atoms with van der Waals surface area (Å²) in [5.41, 5.74) is 1.11. The van der Waals surface area contributed by atoms with Crippen LogP contribution < -0.4 is 0 Å². The van der Waals surface area contributed by atoms with Crippen molar-refractivity contribution in [3.05, 3.63) is 39.4 Å². The number of nitro benzene ring substituents is 1. The van der Waals surface area contributed by atoms with Crippen LogP contribution in [0.2, 0.25) is 0 Å². The number of rotatable bonds is 3. The molecule has 0 spiro atoms. The van der Waals surface area contributed by atoms with Crippen molar-refractivity contribution in [3.63, 3.8) is 0 Å². The van der Waals surface area contributed by atoms with Gasteiger partial charge >= 0.3 is 0 Å². The topological polar surface area (TPSA) is 60.2 Å². The van der Waals surface area contributed by atoms with Gasteiger partial charge < -0.3 is 4.79 Å². The third-order valence-electron chi connectivity index (χ3n) is 2.15. The van der Waals surface area contributed by atoms with Gasteiger partial charge in [-0.1, -0.05) is 25.1 Å². The third kappa shape index (κ3) is 1.79. The molecule has 0 aliphatic heterocycles. The molecule has 1 rings (SSSR count). The van der Waals surface area contributed by atoms with Gasteiger partial charge in [-0.15, -0.1) is 0 Å². The summed E-state index contributed by atoms with van der Waals surface area (Å²) in [6, 6.07) is 5.00. The average molecular weight is 193 g/mol. The van der Waals surface area contributed by atoms with E-state index in [0.29, 0.717) is 17.4 Å². The Morgan fingerprint density at radius 3 is 2.64 bits per heavy atom. The first-order valence-electron chi connectivity index (χ1n) is 4.27. The van der Waals surface area contributed by atoms with E-state index < -0.39 is 10.8 Å².